The summed E-state index contributed by atoms with van der Waals surface area (Å²) >= 11 is 0. The summed E-state index contributed by atoms with van der Waals surface area (Å²) in [7, 11) is 0. The minimum atomic E-state index is -0.956. The van der Waals surface area contributed by atoms with E-state index < -0.39 is 30.1 Å². The highest BCUT2D eigenvalue weighted by molar-refractivity contribution is 5.88. The molecule has 0 unspecified atom stereocenters. The van der Waals surface area contributed by atoms with Gasteiger partial charge in [-0.15, -0.1) is 0 Å². The number of esters is 1. The molecule has 1 aliphatic carbocycles. The number of benzene rings is 2. The van der Waals surface area contributed by atoms with Gasteiger partial charge in [0.05, 0.1) is 6.04 Å². The van der Waals surface area contributed by atoms with Crippen LogP contribution in [0, 0.1) is 5.92 Å². The summed E-state index contributed by atoms with van der Waals surface area (Å²) in [6.07, 6.45) is 4.43. The Labute approximate surface area is 206 Å². The minimum Gasteiger partial charge on any atom is -0.480 e. The van der Waals surface area contributed by atoms with Crippen molar-refractivity contribution in [1.29, 1.82) is 0 Å². The van der Waals surface area contributed by atoms with Gasteiger partial charge >= 0.3 is 11.9 Å². The number of ether oxygens (including phenoxy) is 1. The summed E-state index contributed by atoms with van der Waals surface area (Å²) in [5, 5.41) is 12.9. The lowest BCUT2D eigenvalue weighted by molar-refractivity contribution is -0.152. The SMILES string of the molecule is C[C@H](N[C@@H](CCc1ccccc1)C(=O)OCc1ccccc1)C(=O)N1[C@H](C(=O)O)C[C@@H]2CCC[C@@H]21. The summed E-state index contributed by atoms with van der Waals surface area (Å²) < 4.78 is 5.59. The smallest absolute Gasteiger partial charge is 0.326 e. The third kappa shape index (κ3) is 6.09. The Balaban J connectivity index is 1.44. The monoisotopic (exact) mass is 478 g/mol. The molecule has 1 heterocycles. The van der Waals surface area contributed by atoms with Crippen molar-refractivity contribution in [3.05, 3.63) is 71.8 Å². The van der Waals surface area contributed by atoms with Crippen LogP contribution in [0.25, 0.3) is 0 Å². The molecule has 5 atom stereocenters. The molecular weight excluding hydrogens is 444 g/mol. The molecular formula is C28H34N2O5. The third-order valence-corrected chi connectivity index (χ3v) is 7.27. The lowest BCUT2D eigenvalue weighted by Gasteiger charge is -2.32. The number of hydrogen-bond donors (Lipinski definition) is 2. The van der Waals surface area contributed by atoms with Crippen LogP contribution in [0.5, 0.6) is 0 Å². The first-order valence-corrected chi connectivity index (χ1v) is 12.5. The highest BCUT2D eigenvalue weighted by Gasteiger charge is 2.49. The van der Waals surface area contributed by atoms with Crippen molar-refractivity contribution in [2.24, 2.45) is 5.92 Å². The number of aliphatic carboxylic acids is 1. The van der Waals surface area contributed by atoms with Gasteiger partial charge in [-0.1, -0.05) is 67.1 Å². The topological polar surface area (TPSA) is 95.9 Å². The minimum absolute atomic E-state index is 0.0272. The molecule has 0 aromatic heterocycles. The molecule has 35 heavy (non-hydrogen) atoms. The maximum absolute atomic E-state index is 13.5. The van der Waals surface area contributed by atoms with E-state index in [0.717, 1.165) is 30.4 Å². The van der Waals surface area contributed by atoms with Crippen molar-refractivity contribution in [2.45, 2.75) is 76.2 Å². The number of carbonyl (C=O) groups is 3. The molecule has 0 bridgehead atoms. The molecule has 0 spiro atoms. The zero-order valence-electron chi connectivity index (χ0n) is 20.1. The second-order valence-corrected chi connectivity index (χ2v) is 9.65. The van der Waals surface area contributed by atoms with E-state index in [2.05, 4.69) is 5.32 Å². The lowest BCUT2D eigenvalue weighted by atomic mass is 10.0. The number of carboxylic acids is 1. The van der Waals surface area contributed by atoms with Crippen LogP contribution in [0.1, 0.15) is 50.2 Å². The molecule has 1 amide bonds. The Morgan fingerprint density at radius 1 is 1.03 bits per heavy atom. The molecule has 1 saturated carbocycles. The van der Waals surface area contributed by atoms with Crippen molar-refractivity contribution in [3.63, 3.8) is 0 Å². The third-order valence-electron chi connectivity index (χ3n) is 7.27. The number of fused-ring (bicyclic) bond motifs is 1. The van der Waals surface area contributed by atoms with Gasteiger partial charge < -0.3 is 14.7 Å². The molecule has 2 fully saturated rings. The van der Waals surface area contributed by atoms with Gasteiger partial charge in [-0.2, -0.15) is 0 Å². The van der Waals surface area contributed by atoms with E-state index >= 15 is 0 Å². The van der Waals surface area contributed by atoms with Crippen LogP contribution in [-0.4, -0.2) is 52.0 Å². The van der Waals surface area contributed by atoms with E-state index in [1.165, 1.54) is 0 Å². The first-order valence-electron chi connectivity index (χ1n) is 12.5. The van der Waals surface area contributed by atoms with Crippen LogP contribution in [0.3, 0.4) is 0 Å². The number of nitrogens with zero attached hydrogens (tertiary/aromatic N) is 1. The Morgan fingerprint density at radius 2 is 1.69 bits per heavy atom. The molecule has 2 N–H and O–H groups in total. The molecule has 1 aliphatic heterocycles. The predicted molar refractivity (Wildman–Crippen MR) is 131 cm³/mol. The quantitative estimate of drug-likeness (QED) is 0.507. The molecule has 1 saturated heterocycles. The number of carbonyl (C=O) groups excluding carboxylic acids is 2. The van der Waals surface area contributed by atoms with E-state index in [9.17, 15) is 19.5 Å². The van der Waals surface area contributed by atoms with Crippen LogP contribution in [0.15, 0.2) is 60.7 Å². The van der Waals surface area contributed by atoms with Gasteiger partial charge in [0.1, 0.15) is 18.7 Å². The normalized spacial score (nSPS) is 22.9. The van der Waals surface area contributed by atoms with E-state index in [1.54, 1.807) is 11.8 Å². The number of aryl methyl sites for hydroxylation is 1. The summed E-state index contributed by atoms with van der Waals surface area (Å²) in [5.41, 5.74) is 1.98. The number of nitrogens with one attached hydrogen (secondary N) is 1. The first-order chi connectivity index (χ1) is 16.9. The number of amides is 1. The summed E-state index contributed by atoms with van der Waals surface area (Å²) in [4.78, 5) is 40.0. The van der Waals surface area contributed by atoms with Gasteiger partial charge in [0.25, 0.3) is 0 Å². The van der Waals surface area contributed by atoms with Crippen molar-refractivity contribution in [1.82, 2.24) is 10.2 Å². The zero-order chi connectivity index (χ0) is 24.8. The molecule has 4 rings (SSSR count). The maximum Gasteiger partial charge on any atom is 0.326 e. The molecule has 7 nitrogen and oxygen atoms in total. The van der Waals surface area contributed by atoms with Crippen LogP contribution in [-0.2, 0) is 32.1 Å². The van der Waals surface area contributed by atoms with Gasteiger partial charge in [-0.05, 0) is 56.1 Å². The molecule has 0 radical (unpaired) electrons. The Kier molecular flexibility index (Phi) is 8.18. The zero-order valence-corrected chi connectivity index (χ0v) is 20.1. The fraction of sp³-hybridized carbons (Fsp3) is 0.464. The highest BCUT2D eigenvalue weighted by atomic mass is 16.5. The average molecular weight is 479 g/mol. The average Bonchev–Trinajstić information content (AvgIpc) is 3.47. The standard InChI is InChI=1S/C28H34N2O5/c1-19(26(31)30-24-14-8-13-22(24)17-25(30)27(32)33)29-23(16-15-20-9-4-2-5-10-20)28(34)35-18-21-11-6-3-7-12-21/h2-7,9-12,19,22-25,29H,8,13-18H2,1H3,(H,32,33)/t19-,22-,23-,24-,25-/m0/s1. The first kappa shape index (κ1) is 24.9. The summed E-state index contributed by atoms with van der Waals surface area (Å²) in [5.74, 6) is -1.38. The fourth-order valence-corrected chi connectivity index (χ4v) is 5.48. The van der Waals surface area contributed by atoms with Gasteiger partial charge in [-0.3, -0.25) is 14.9 Å². The Hall–Kier alpha value is -3.19. The number of likely N-dealkylation sites (tertiary alicyclic amines) is 1. The molecule has 2 aromatic rings. The second kappa shape index (κ2) is 11.5. The van der Waals surface area contributed by atoms with Crippen LogP contribution < -0.4 is 5.32 Å². The largest absolute Gasteiger partial charge is 0.480 e. The van der Waals surface area contributed by atoms with Crippen molar-refractivity contribution >= 4 is 17.8 Å². The summed E-state index contributed by atoms with van der Waals surface area (Å²) in [6.45, 7) is 1.87. The summed E-state index contributed by atoms with van der Waals surface area (Å²) in [6, 6.07) is 17.1. The van der Waals surface area contributed by atoms with E-state index in [1.807, 2.05) is 60.7 Å². The van der Waals surface area contributed by atoms with Crippen molar-refractivity contribution in [2.75, 3.05) is 0 Å². The molecule has 186 valence electrons. The van der Waals surface area contributed by atoms with Crippen molar-refractivity contribution < 1.29 is 24.2 Å². The van der Waals surface area contributed by atoms with Crippen LogP contribution in [0.2, 0.25) is 0 Å². The van der Waals surface area contributed by atoms with Crippen LogP contribution >= 0.6 is 0 Å². The number of carboxylic acid groups (broad SMARTS) is 1. The van der Waals surface area contributed by atoms with E-state index in [4.69, 9.17) is 4.74 Å². The highest BCUT2D eigenvalue weighted by Crippen LogP contribution is 2.41. The van der Waals surface area contributed by atoms with Gasteiger partial charge in [0, 0.05) is 6.04 Å². The maximum atomic E-state index is 13.5. The Bertz CT molecular complexity index is 1010. The van der Waals surface area contributed by atoms with Gasteiger partial charge in [-0.25, -0.2) is 4.79 Å². The lowest BCUT2D eigenvalue weighted by Crippen LogP contribution is -2.55. The number of rotatable bonds is 10. The van der Waals surface area contributed by atoms with Gasteiger partial charge in [0.2, 0.25) is 5.91 Å². The predicted octanol–water partition coefficient (Wildman–Crippen LogP) is 3.56. The van der Waals surface area contributed by atoms with E-state index in [0.29, 0.717) is 19.3 Å². The Morgan fingerprint density at radius 3 is 2.34 bits per heavy atom. The second-order valence-electron chi connectivity index (χ2n) is 9.65. The molecule has 7 heteroatoms. The molecule has 2 aromatic carbocycles. The van der Waals surface area contributed by atoms with Gasteiger partial charge in [0.15, 0.2) is 0 Å². The van der Waals surface area contributed by atoms with Crippen LogP contribution in [0.4, 0.5) is 0 Å². The molecule has 2 aliphatic rings. The fourth-order valence-electron chi connectivity index (χ4n) is 5.48. The van der Waals surface area contributed by atoms with Crippen molar-refractivity contribution in [3.8, 4) is 0 Å². The number of hydrogen-bond acceptors (Lipinski definition) is 5. The van der Waals surface area contributed by atoms with E-state index in [-0.39, 0.29) is 24.5 Å².